The van der Waals surface area contributed by atoms with Gasteiger partial charge in [-0.15, -0.1) is 0 Å². The molecule has 0 atom stereocenters. The second kappa shape index (κ2) is 8.14. The smallest absolute Gasteiger partial charge is 0.335 e. The first-order valence-corrected chi connectivity index (χ1v) is 7.89. The molecule has 0 aliphatic heterocycles. The van der Waals surface area contributed by atoms with E-state index in [0.717, 1.165) is 0 Å². The van der Waals surface area contributed by atoms with E-state index < -0.39 is 31.1 Å². The number of nitrogens with one attached hydrogen (secondary N) is 2. The number of carboxylic acids is 2. The van der Waals surface area contributed by atoms with Crippen LogP contribution in [0.4, 0.5) is 17.1 Å². The molecular weight excluding hydrogens is 372 g/mol. The van der Waals surface area contributed by atoms with E-state index in [1.807, 2.05) is 0 Å². The topological polar surface area (TPSA) is 164 Å². The van der Waals surface area contributed by atoms with E-state index in [-0.39, 0.29) is 11.1 Å². The zero-order valence-electron chi connectivity index (χ0n) is 14.2. The van der Waals surface area contributed by atoms with Crippen LogP contribution in [0.15, 0.2) is 41.0 Å². The molecular formula is C17H14N4O7. The van der Waals surface area contributed by atoms with E-state index in [4.69, 9.17) is 19.6 Å². The number of hydrogen-bond acceptors (Lipinski definition) is 8. The number of aromatic carboxylic acids is 1. The van der Waals surface area contributed by atoms with Gasteiger partial charge in [0.05, 0.1) is 16.9 Å². The van der Waals surface area contributed by atoms with Crippen molar-refractivity contribution in [3.63, 3.8) is 0 Å². The van der Waals surface area contributed by atoms with Gasteiger partial charge in [0.25, 0.3) is 0 Å². The van der Waals surface area contributed by atoms with E-state index in [9.17, 15) is 14.4 Å². The molecule has 1 aromatic heterocycles. The summed E-state index contributed by atoms with van der Waals surface area (Å²) in [6, 6.07) is 9.29. The maximum Gasteiger partial charge on any atom is 0.335 e. The minimum Gasteiger partial charge on any atom is -0.480 e. The first kappa shape index (κ1) is 18.8. The van der Waals surface area contributed by atoms with Crippen LogP contribution in [0.1, 0.15) is 10.4 Å². The molecule has 1 amide bonds. The third kappa shape index (κ3) is 4.40. The lowest BCUT2D eigenvalue weighted by Crippen LogP contribution is -2.20. The van der Waals surface area contributed by atoms with Crippen LogP contribution in [0.25, 0.3) is 11.0 Å². The fourth-order valence-electron chi connectivity index (χ4n) is 2.34. The highest BCUT2D eigenvalue weighted by molar-refractivity contribution is 6.03. The van der Waals surface area contributed by atoms with Crippen molar-refractivity contribution in [2.24, 2.45) is 0 Å². The molecule has 1 heterocycles. The average Bonchev–Trinajstić information content (AvgIpc) is 3.14. The third-order valence-electron chi connectivity index (χ3n) is 3.56. The van der Waals surface area contributed by atoms with Gasteiger partial charge in [-0.1, -0.05) is 0 Å². The maximum absolute atomic E-state index is 11.9. The summed E-state index contributed by atoms with van der Waals surface area (Å²) < 4.78 is 9.48. The maximum atomic E-state index is 11.9. The highest BCUT2D eigenvalue weighted by Crippen LogP contribution is 2.29. The minimum absolute atomic E-state index is 0.155. The number of rotatable bonds is 8. The Hall–Kier alpha value is -3.99. The van der Waals surface area contributed by atoms with Crippen LogP contribution in [0.3, 0.4) is 0 Å². The van der Waals surface area contributed by atoms with E-state index in [2.05, 4.69) is 20.9 Å². The van der Waals surface area contributed by atoms with Crippen molar-refractivity contribution in [2.75, 3.05) is 23.8 Å². The molecule has 144 valence electrons. The molecule has 0 bridgehead atoms. The summed E-state index contributed by atoms with van der Waals surface area (Å²) >= 11 is 0. The second-order valence-corrected chi connectivity index (χ2v) is 5.56. The average molecular weight is 386 g/mol. The van der Waals surface area contributed by atoms with Gasteiger partial charge in [-0.25, -0.2) is 14.2 Å². The van der Waals surface area contributed by atoms with Crippen LogP contribution >= 0.6 is 0 Å². The van der Waals surface area contributed by atoms with Crippen LogP contribution < -0.4 is 10.6 Å². The zero-order valence-corrected chi connectivity index (χ0v) is 14.2. The monoisotopic (exact) mass is 386 g/mol. The molecule has 3 aromatic rings. The Morgan fingerprint density at radius 3 is 2.21 bits per heavy atom. The van der Waals surface area contributed by atoms with Gasteiger partial charge < -0.3 is 25.6 Å². The van der Waals surface area contributed by atoms with Gasteiger partial charge in [-0.3, -0.25) is 4.79 Å². The highest BCUT2D eigenvalue weighted by Gasteiger charge is 2.15. The summed E-state index contributed by atoms with van der Waals surface area (Å²) in [5, 5.41) is 30.6. The Morgan fingerprint density at radius 1 is 0.929 bits per heavy atom. The largest absolute Gasteiger partial charge is 0.480 e. The molecule has 11 nitrogen and oxygen atoms in total. The first-order chi connectivity index (χ1) is 13.4. The predicted octanol–water partition coefficient (Wildman–Crippen LogP) is 1.70. The minimum atomic E-state index is -1.18. The molecule has 0 saturated heterocycles. The van der Waals surface area contributed by atoms with Gasteiger partial charge in [0.1, 0.15) is 13.2 Å². The molecule has 11 heteroatoms. The summed E-state index contributed by atoms with van der Waals surface area (Å²) in [5.74, 6) is -2.76. The molecule has 0 saturated carbocycles. The van der Waals surface area contributed by atoms with Crippen molar-refractivity contribution in [3.8, 4) is 0 Å². The van der Waals surface area contributed by atoms with Gasteiger partial charge in [-0.05, 0) is 46.7 Å². The summed E-state index contributed by atoms with van der Waals surface area (Å²) in [4.78, 5) is 33.2. The van der Waals surface area contributed by atoms with Crippen molar-refractivity contribution in [3.05, 3.63) is 42.0 Å². The van der Waals surface area contributed by atoms with Crippen LogP contribution in [0.2, 0.25) is 0 Å². The van der Waals surface area contributed by atoms with Crippen molar-refractivity contribution >= 4 is 45.9 Å². The molecule has 0 unspecified atom stereocenters. The molecule has 0 spiro atoms. The van der Waals surface area contributed by atoms with E-state index >= 15 is 0 Å². The first-order valence-electron chi connectivity index (χ1n) is 7.89. The van der Waals surface area contributed by atoms with E-state index in [1.54, 1.807) is 24.3 Å². The number of aromatic nitrogens is 2. The van der Waals surface area contributed by atoms with Gasteiger partial charge in [0.2, 0.25) is 5.91 Å². The van der Waals surface area contributed by atoms with Crippen LogP contribution in [0, 0.1) is 0 Å². The molecule has 2 aromatic carbocycles. The molecule has 0 radical (unpaired) electrons. The van der Waals surface area contributed by atoms with Crippen molar-refractivity contribution in [2.45, 2.75) is 0 Å². The molecule has 3 rings (SSSR count). The number of ether oxygens (including phenoxy) is 1. The van der Waals surface area contributed by atoms with Gasteiger partial charge in [-0.2, -0.15) is 0 Å². The quantitative estimate of drug-likeness (QED) is 0.448. The number of hydrogen-bond donors (Lipinski definition) is 4. The van der Waals surface area contributed by atoms with Gasteiger partial charge in [0.15, 0.2) is 11.0 Å². The van der Waals surface area contributed by atoms with Crippen LogP contribution in [0.5, 0.6) is 0 Å². The number of carboxylic acid groups (broad SMARTS) is 2. The fourth-order valence-corrected chi connectivity index (χ4v) is 2.34. The molecule has 28 heavy (non-hydrogen) atoms. The van der Waals surface area contributed by atoms with Crippen LogP contribution in [-0.2, 0) is 14.3 Å². The predicted molar refractivity (Wildman–Crippen MR) is 95.6 cm³/mol. The number of anilines is 3. The molecule has 4 N–H and O–H groups in total. The fraction of sp³-hybridized carbons (Fsp3) is 0.118. The summed E-state index contributed by atoms with van der Waals surface area (Å²) in [7, 11) is 0. The Morgan fingerprint density at radius 2 is 1.57 bits per heavy atom. The third-order valence-corrected chi connectivity index (χ3v) is 3.56. The Balaban J connectivity index is 1.75. The Bertz CT molecular complexity index is 1030. The number of aliphatic carboxylic acids is 1. The number of amides is 1. The molecule has 0 aliphatic carbocycles. The van der Waals surface area contributed by atoms with E-state index in [1.165, 1.54) is 12.1 Å². The lowest BCUT2D eigenvalue weighted by atomic mass is 10.2. The number of carbonyl (C=O) groups is 3. The van der Waals surface area contributed by atoms with Crippen molar-refractivity contribution in [1.29, 1.82) is 0 Å². The zero-order chi connectivity index (χ0) is 20.1. The van der Waals surface area contributed by atoms with Gasteiger partial charge in [0, 0.05) is 5.69 Å². The van der Waals surface area contributed by atoms with Crippen molar-refractivity contribution in [1.82, 2.24) is 10.3 Å². The summed E-state index contributed by atoms with van der Waals surface area (Å²) in [6.07, 6.45) is 0. The lowest BCUT2D eigenvalue weighted by molar-refractivity contribution is -0.143. The molecule has 0 aliphatic rings. The standard InChI is InChI=1S/C17H14N4O7/c22-13(7-27-8-14(23)24)19-12-6-5-11(15-16(12)21-28-20-15)18-10-3-1-9(2-4-10)17(25)26/h1-6,18H,7-8H2,(H,19,22)(H,23,24)(H,25,26). The number of fused-ring (bicyclic) bond motifs is 1. The van der Waals surface area contributed by atoms with E-state index in [0.29, 0.717) is 22.6 Å². The highest BCUT2D eigenvalue weighted by atomic mass is 16.6. The molecule has 0 fully saturated rings. The normalized spacial score (nSPS) is 10.6. The number of carbonyl (C=O) groups excluding carboxylic acids is 1. The summed E-state index contributed by atoms with van der Waals surface area (Å²) in [6.45, 7) is -1.02. The lowest BCUT2D eigenvalue weighted by Gasteiger charge is -2.09. The Labute approximate surface area is 156 Å². The van der Waals surface area contributed by atoms with Gasteiger partial charge >= 0.3 is 11.9 Å². The Kier molecular flexibility index (Phi) is 5.46. The SMILES string of the molecule is O=C(O)COCC(=O)Nc1ccc(Nc2ccc(C(=O)O)cc2)c2nonc12. The second-order valence-electron chi connectivity index (χ2n) is 5.56. The van der Waals surface area contributed by atoms with Crippen molar-refractivity contribution < 1.29 is 34.0 Å². The number of benzene rings is 2. The van der Waals surface area contributed by atoms with Crippen LogP contribution in [-0.4, -0.2) is 51.6 Å². The number of nitrogens with zero attached hydrogens (tertiary/aromatic N) is 2. The summed E-state index contributed by atoms with van der Waals surface area (Å²) in [5.41, 5.74) is 2.23.